The first kappa shape index (κ1) is 13.3. The molecule has 5 nitrogen and oxygen atoms in total. The Morgan fingerprint density at radius 2 is 2.33 bits per heavy atom. The summed E-state index contributed by atoms with van der Waals surface area (Å²) in [4.78, 5) is 17.2. The minimum Gasteiger partial charge on any atom is -0.476 e. The molecule has 0 spiro atoms. The van der Waals surface area contributed by atoms with Gasteiger partial charge in [-0.05, 0) is 31.8 Å². The Bertz CT molecular complexity index is 402. The minimum atomic E-state index is -0.967. The second-order valence-corrected chi connectivity index (χ2v) is 5.68. The molecule has 100 valence electrons. The van der Waals surface area contributed by atoms with Crippen LogP contribution in [0.25, 0.3) is 0 Å². The number of thiazole rings is 1. The van der Waals surface area contributed by atoms with E-state index in [1.165, 1.54) is 37.3 Å². The number of carbonyl (C=O) groups is 1. The number of aromatic nitrogens is 1. The Hall–Kier alpha value is -1.14. The molecule has 2 rings (SSSR count). The summed E-state index contributed by atoms with van der Waals surface area (Å²) in [5, 5.41) is 12.8. The number of hydrogen-bond donors (Lipinski definition) is 2. The number of nitrogens with one attached hydrogen (secondary N) is 1. The van der Waals surface area contributed by atoms with Gasteiger partial charge in [0.2, 0.25) is 0 Å². The van der Waals surface area contributed by atoms with Crippen LogP contribution in [-0.2, 0) is 0 Å². The number of anilines is 1. The molecule has 0 aromatic carbocycles. The summed E-state index contributed by atoms with van der Waals surface area (Å²) in [7, 11) is 0. The van der Waals surface area contributed by atoms with Crippen molar-refractivity contribution in [2.24, 2.45) is 5.92 Å². The van der Waals surface area contributed by atoms with Crippen LogP contribution in [-0.4, -0.2) is 47.1 Å². The summed E-state index contributed by atoms with van der Waals surface area (Å²) in [6.45, 7) is 6.45. The Labute approximate surface area is 111 Å². The Balaban J connectivity index is 1.79. The summed E-state index contributed by atoms with van der Waals surface area (Å²) in [5.41, 5.74) is 1.70. The van der Waals surface area contributed by atoms with Crippen LogP contribution in [0.1, 0.15) is 30.3 Å². The van der Waals surface area contributed by atoms with Crippen molar-refractivity contribution in [2.75, 3.05) is 31.5 Å². The molecule has 0 aliphatic carbocycles. The van der Waals surface area contributed by atoms with Gasteiger partial charge in [0, 0.05) is 13.1 Å². The zero-order valence-corrected chi connectivity index (χ0v) is 11.4. The zero-order valence-electron chi connectivity index (χ0n) is 10.6. The smallest absolute Gasteiger partial charge is 0.357 e. The van der Waals surface area contributed by atoms with Gasteiger partial charge >= 0.3 is 5.97 Å². The maximum absolute atomic E-state index is 10.9. The molecule has 6 heteroatoms. The molecule has 1 aromatic heterocycles. The third-order valence-corrected chi connectivity index (χ3v) is 3.93. The van der Waals surface area contributed by atoms with Gasteiger partial charge in [0.05, 0.1) is 5.51 Å². The van der Waals surface area contributed by atoms with E-state index in [-0.39, 0.29) is 5.69 Å². The normalized spacial score (nSPS) is 17.8. The summed E-state index contributed by atoms with van der Waals surface area (Å²) in [6, 6.07) is 0. The van der Waals surface area contributed by atoms with E-state index in [1.54, 1.807) is 5.51 Å². The van der Waals surface area contributed by atoms with Crippen molar-refractivity contribution in [3.8, 4) is 0 Å². The van der Waals surface area contributed by atoms with Crippen LogP contribution in [0, 0.1) is 5.92 Å². The van der Waals surface area contributed by atoms with E-state index in [4.69, 9.17) is 5.11 Å². The van der Waals surface area contributed by atoms with Crippen molar-refractivity contribution in [3.63, 3.8) is 0 Å². The molecule has 2 heterocycles. The Kier molecular flexibility index (Phi) is 4.54. The van der Waals surface area contributed by atoms with Crippen LogP contribution in [0.2, 0.25) is 0 Å². The first-order valence-electron chi connectivity index (χ1n) is 6.30. The second kappa shape index (κ2) is 6.15. The maximum atomic E-state index is 10.9. The van der Waals surface area contributed by atoms with E-state index >= 15 is 0 Å². The molecule has 0 amide bonds. The van der Waals surface area contributed by atoms with E-state index in [2.05, 4.69) is 22.1 Å². The summed E-state index contributed by atoms with van der Waals surface area (Å²) >= 11 is 1.35. The third kappa shape index (κ3) is 3.43. The lowest BCUT2D eigenvalue weighted by molar-refractivity contribution is 0.0692. The van der Waals surface area contributed by atoms with Gasteiger partial charge in [0.1, 0.15) is 5.00 Å². The molecule has 1 aliphatic rings. The molecule has 0 saturated carbocycles. The van der Waals surface area contributed by atoms with Gasteiger partial charge in [-0.2, -0.15) is 0 Å². The molecule has 18 heavy (non-hydrogen) atoms. The molecule has 0 bridgehead atoms. The third-order valence-electron chi connectivity index (χ3n) is 3.15. The highest BCUT2D eigenvalue weighted by molar-refractivity contribution is 7.14. The summed E-state index contributed by atoms with van der Waals surface area (Å²) < 4.78 is 0. The van der Waals surface area contributed by atoms with E-state index in [9.17, 15) is 4.79 Å². The average Bonchev–Trinajstić information content (AvgIpc) is 2.96. The van der Waals surface area contributed by atoms with Gasteiger partial charge in [-0.25, -0.2) is 9.78 Å². The van der Waals surface area contributed by atoms with Crippen molar-refractivity contribution in [3.05, 3.63) is 11.2 Å². The Morgan fingerprint density at radius 3 is 3.00 bits per heavy atom. The maximum Gasteiger partial charge on any atom is 0.357 e. The molecular weight excluding hydrogens is 250 g/mol. The van der Waals surface area contributed by atoms with Crippen LogP contribution in [0.15, 0.2) is 5.51 Å². The van der Waals surface area contributed by atoms with Crippen LogP contribution in [0.5, 0.6) is 0 Å². The van der Waals surface area contributed by atoms with Gasteiger partial charge in [0.25, 0.3) is 0 Å². The highest BCUT2D eigenvalue weighted by atomic mass is 32.1. The number of carboxylic acids is 1. The molecular formula is C12H19N3O2S. The molecule has 0 radical (unpaired) electrons. The largest absolute Gasteiger partial charge is 0.476 e. The standard InChI is InChI=1S/C12H19N3O2S/c1-9(7-15-4-2-3-5-15)6-13-11-10(12(16)17)14-8-18-11/h8-9,13H,2-7H2,1H3,(H,16,17). The van der Waals surface area contributed by atoms with Crippen LogP contribution < -0.4 is 5.32 Å². The predicted octanol–water partition coefficient (Wildman–Crippen LogP) is 1.99. The lowest BCUT2D eigenvalue weighted by atomic mass is 10.1. The van der Waals surface area contributed by atoms with E-state index in [0.29, 0.717) is 10.9 Å². The minimum absolute atomic E-state index is 0.133. The first-order chi connectivity index (χ1) is 8.66. The van der Waals surface area contributed by atoms with Crippen molar-refractivity contribution in [1.82, 2.24) is 9.88 Å². The molecule has 1 atom stereocenters. The van der Waals surface area contributed by atoms with Crippen LogP contribution in [0.3, 0.4) is 0 Å². The van der Waals surface area contributed by atoms with Gasteiger partial charge in [0.15, 0.2) is 5.69 Å². The molecule has 1 saturated heterocycles. The van der Waals surface area contributed by atoms with Crippen molar-refractivity contribution in [2.45, 2.75) is 19.8 Å². The van der Waals surface area contributed by atoms with Crippen molar-refractivity contribution < 1.29 is 9.90 Å². The molecule has 1 unspecified atom stereocenters. The fourth-order valence-corrected chi connectivity index (χ4v) is 2.94. The molecule has 1 fully saturated rings. The average molecular weight is 269 g/mol. The van der Waals surface area contributed by atoms with Gasteiger partial charge in [-0.15, -0.1) is 11.3 Å². The van der Waals surface area contributed by atoms with Crippen LogP contribution >= 0.6 is 11.3 Å². The highest BCUT2D eigenvalue weighted by Crippen LogP contribution is 2.20. The van der Waals surface area contributed by atoms with E-state index in [0.717, 1.165) is 13.1 Å². The van der Waals surface area contributed by atoms with Gasteiger partial charge in [-0.3, -0.25) is 0 Å². The first-order valence-corrected chi connectivity index (χ1v) is 7.18. The number of hydrogen-bond acceptors (Lipinski definition) is 5. The number of aromatic carboxylic acids is 1. The zero-order chi connectivity index (χ0) is 13.0. The molecule has 1 aliphatic heterocycles. The van der Waals surface area contributed by atoms with Crippen molar-refractivity contribution in [1.29, 1.82) is 0 Å². The summed E-state index contributed by atoms with van der Waals surface area (Å²) in [6.07, 6.45) is 2.61. The summed E-state index contributed by atoms with van der Waals surface area (Å²) in [5.74, 6) is -0.460. The fourth-order valence-electron chi connectivity index (χ4n) is 2.26. The van der Waals surface area contributed by atoms with E-state index in [1.807, 2.05) is 0 Å². The van der Waals surface area contributed by atoms with E-state index < -0.39 is 5.97 Å². The molecule has 1 aromatic rings. The number of likely N-dealkylation sites (tertiary alicyclic amines) is 1. The monoisotopic (exact) mass is 269 g/mol. The number of nitrogens with zero attached hydrogens (tertiary/aromatic N) is 2. The highest BCUT2D eigenvalue weighted by Gasteiger charge is 2.16. The van der Waals surface area contributed by atoms with Gasteiger partial charge in [-0.1, -0.05) is 6.92 Å². The van der Waals surface area contributed by atoms with Crippen molar-refractivity contribution >= 4 is 22.3 Å². The topological polar surface area (TPSA) is 65.5 Å². The van der Waals surface area contributed by atoms with Gasteiger partial charge < -0.3 is 15.3 Å². The van der Waals surface area contributed by atoms with Crippen LogP contribution in [0.4, 0.5) is 5.00 Å². The fraction of sp³-hybridized carbons (Fsp3) is 0.667. The lowest BCUT2D eigenvalue weighted by Gasteiger charge is -2.20. The Morgan fingerprint density at radius 1 is 1.61 bits per heavy atom. The predicted molar refractivity (Wildman–Crippen MR) is 72.4 cm³/mol. The number of carboxylic acid groups (broad SMARTS) is 1. The second-order valence-electron chi connectivity index (χ2n) is 4.83. The SMILES string of the molecule is CC(CNc1scnc1C(=O)O)CN1CCCC1. The quantitative estimate of drug-likeness (QED) is 0.826. The molecule has 2 N–H and O–H groups in total. The lowest BCUT2D eigenvalue weighted by Crippen LogP contribution is -2.28. The number of rotatable bonds is 6.